The molecular weight excluding hydrogens is 172 g/mol. The van der Waals surface area contributed by atoms with Gasteiger partial charge in [0, 0.05) is 5.56 Å². The number of hydrogen-bond acceptors (Lipinski definition) is 4. The van der Waals surface area contributed by atoms with Gasteiger partial charge in [0.25, 0.3) is 0 Å². The van der Waals surface area contributed by atoms with Gasteiger partial charge in [0.15, 0.2) is 11.5 Å². The molecule has 0 aliphatic heterocycles. The summed E-state index contributed by atoms with van der Waals surface area (Å²) >= 11 is 0. The largest absolute Gasteiger partial charge is 0.504 e. The molecule has 3 N–H and O–H groups in total. The average molecular weight is 184 g/mol. The molecule has 4 heteroatoms. The summed E-state index contributed by atoms with van der Waals surface area (Å²) in [6, 6.07) is 2.81. The Morgan fingerprint density at radius 1 is 1.31 bits per heavy atom. The SMILES string of the molecule is CCOc1c(O)ccc(CO)c1O. The van der Waals surface area contributed by atoms with Crippen molar-refractivity contribution in [1.29, 1.82) is 0 Å². The molecule has 0 bridgehead atoms. The minimum atomic E-state index is -0.286. The van der Waals surface area contributed by atoms with Gasteiger partial charge in [-0.1, -0.05) is 0 Å². The Morgan fingerprint density at radius 3 is 2.54 bits per heavy atom. The molecule has 0 aliphatic rings. The van der Waals surface area contributed by atoms with E-state index in [4.69, 9.17) is 9.84 Å². The quantitative estimate of drug-likeness (QED) is 0.655. The zero-order chi connectivity index (χ0) is 9.84. The van der Waals surface area contributed by atoms with Crippen molar-refractivity contribution in [3.8, 4) is 17.2 Å². The molecule has 0 amide bonds. The van der Waals surface area contributed by atoms with Crippen molar-refractivity contribution in [2.75, 3.05) is 6.61 Å². The van der Waals surface area contributed by atoms with E-state index in [1.807, 2.05) is 0 Å². The van der Waals surface area contributed by atoms with Crippen molar-refractivity contribution >= 4 is 0 Å². The van der Waals surface area contributed by atoms with Gasteiger partial charge in [-0.05, 0) is 19.1 Å². The molecular formula is C9H12O4. The molecule has 0 atom stereocenters. The van der Waals surface area contributed by atoms with Crippen LogP contribution >= 0.6 is 0 Å². The Morgan fingerprint density at radius 2 is 2.00 bits per heavy atom. The summed E-state index contributed by atoms with van der Waals surface area (Å²) in [5.41, 5.74) is 0.334. The molecule has 0 heterocycles. The Balaban J connectivity index is 3.13. The van der Waals surface area contributed by atoms with Gasteiger partial charge >= 0.3 is 0 Å². The van der Waals surface area contributed by atoms with Gasteiger partial charge in [-0.25, -0.2) is 0 Å². The summed E-state index contributed by atoms with van der Waals surface area (Å²) in [5.74, 6) is -0.310. The van der Waals surface area contributed by atoms with Crippen LogP contribution < -0.4 is 4.74 Å². The predicted octanol–water partition coefficient (Wildman–Crippen LogP) is 0.989. The maximum atomic E-state index is 9.46. The lowest BCUT2D eigenvalue weighted by Crippen LogP contribution is -1.94. The second-order valence-electron chi connectivity index (χ2n) is 2.51. The highest BCUT2D eigenvalue weighted by Crippen LogP contribution is 2.38. The summed E-state index contributed by atoms with van der Waals surface area (Å²) in [5, 5.41) is 27.5. The number of hydrogen-bond donors (Lipinski definition) is 3. The molecule has 0 saturated heterocycles. The molecule has 0 aromatic heterocycles. The summed E-state index contributed by atoms with van der Waals surface area (Å²) in [7, 11) is 0. The minimum absolute atomic E-state index is 0.0223. The van der Waals surface area contributed by atoms with Gasteiger partial charge in [-0.3, -0.25) is 0 Å². The van der Waals surface area contributed by atoms with E-state index < -0.39 is 0 Å². The molecule has 13 heavy (non-hydrogen) atoms. The van der Waals surface area contributed by atoms with Crippen molar-refractivity contribution in [2.24, 2.45) is 0 Å². The summed E-state index contributed by atoms with van der Waals surface area (Å²) < 4.78 is 5.00. The van der Waals surface area contributed by atoms with Crippen LogP contribution in [0.2, 0.25) is 0 Å². The van der Waals surface area contributed by atoms with Crippen LogP contribution in [0.3, 0.4) is 0 Å². The van der Waals surface area contributed by atoms with E-state index in [0.717, 1.165) is 0 Å². The molecule has 4 nitrogen and oxygen atoms in total. The fraction of sp³-hybridized carbons (Fsp3) is 0.333. The standard InChI is InChI=1S/C9H12O4/c1-2-13-9-7(11)4-3-6(5-10)8(9)12/h3-4,10-12H,2,5H2,1H3. The Kier molecular flexibility index (Phi) is 2.97. The maximum absolute atomic E-state index is 9.46. The first kappa shape index (κ1) is 9.67. The van der Waals surface area contributed by atoms with E-state index in [1.165, 1.54) is 12.1 Å². The normalized spacial score (nSPS) is 10.0. The van der Waals surface area contributed by atoms with Gasteiger partial charge in [-0.2, -0.15) is 0 Å². The van der Waals surface area contributed by atoms with Crippen LogP contribution in [0.25, 0.3) is 0 Å². The lowest BCUT2D eigenvalue weighted by atomic mass is 10.2. The molecule has 1 aromatic carbocycles. The van der Waals surface area contributed by atoms with Crippen molar-refractivity contribution < 1.29 is 20.1 Å². The highest BCUT2D eigenvalue weighted by molar-refractivity contribution is 5.53. The number of aliphatic hydroxyl groups excluding tert-OH is 1. The highest BCUT2D eigenvalue weighted by atomic mass is 16.5. The molecule has 0 unspecified atom stereocenters. The fourth-order valence-electron chi connectivity index (χ4n) is 1.02. The lowest BCUT2D eigenvalue weighted by molar-refractivity contribution is 0.265. The zero-order valence-corrected chi connectivity index (χ0v) is 7.32. The van der Waals surface area contributed by atoms with Gasteiger partial charge < -0.3 is 20.1 Å². The lowest BCUT2D eigenvalue weighted by Gasteiger charge is -2.10. The first-order valence-electron chi connectivity index (χ1n) is 3.98. The molecule has 72 valence electrons. The molecule has 0 spiro atoms. The summed E-state index contributed by atoms with van der Waals surface area (Å²) in [6.45, 7) is 1.80. The smallest absolute Gasteiger partial charge is 0.203 e. The van der Waals surface area contributed by atoms with Gasteiger partial charge in [0.1, 0.15) is 0 Å². The van der Waals surface area contributed by atoms with Crippen LogP contribution in [0, 0.1) is 0 Å². The molecule has 1 aromatic rings. The van der Waals surface area contributed by atoms with Crippen molar-refractivity contribution in [1.82, 2.24) is 0 Å². The number of aromatic hydroxyl groups is 2. The molecule has 0 fully saturated rings. The van der Waals surface area contributed by atoms with E-state index in [-0.39, 0.29) is 23.9 Å². The summed E-state index contributed by atoms with van der Waals surface area (Å²) in [6.07, 6.45) is 0. The fourth-order valence-corrected chi connectivity index (χ4v) is 1.02. The average Bonchev–Trinajstić information content (AvgIpc) is 2.12. The van der Waals surface area contributed by atoms with Crippen LogP contribution in [0.15, 0.2) is 12.1 Å². The van der Waals surface area contributed by atoms with Crippen LogP contribution in [0.1, 0.15) is 12.5 Å². The van der Waals surface area contributed by atoms with Crippen molar-refractivity contribution in [3.05, 3.63) is 17.7 Å². The first-order chi connectivity index (χ1) is 6.20. The summed E-state index contributed by atoms with van der Waals surface area (Å²) in [4.78, 5) is 0. The van der Waals surface area contributed by atoms with Gasteiger partial charge in [0.05, 0.1) is 13.2 Å². The number of benzene rings is 1. The van der Waals surface area contributed by atoms with E-state index in [9.17, 15) is 10.2 Å². The predicted molar refractivity (Wildman–Crippen MR) is 46.9 cm³/mol. The minimum Gasteiger partial charge on any atom is -0.504 e. The van der Waals surface area contributed by atoms with Crippen molar-refractivity contribution in [2.45, 2.75) is 13.5 Å². The third-order valence-corrected chi connectivity index (χ3v) is 1.65. The Bertz CT molecular complexity index is 296. The second-order valence-corrected chi connectivity index (χ2v) is 2.51. The van der Waals surface area contributed by atoms with Gasteiger partial charge in [-0.15, -0.1) is 0 Å². The second kappa shape index (κ2) is 4.00. The number of aliphatic hydroxyl groups is 1. The molecule has 0 saturated carbocycles. The van der Waals surface area contributed by atoms with E-state index in [1.54, 1.807) is 6.92 Å². The molecule has 0 aliphatic carbocycles. The van der Waals surface area contributed by atoms with E-state index >= 15 is 0 Å². The van der Waals surface area contributed by atoms with E-state index in [2.05, 4.69) is 0 Å². The van der Waals surface area contributed by atoms with Gasteiger partial charge in [0.2, 0.25) is 5.75 Å². The topological polar surface area (TPSA) is 69.9 Å². The number of phenols is 2. The van der Waals surface area contributed by atoms with Crippen LogP contribution in [-0.4, -0.2) is 21.9 Å². The van der Waals surface area contributed by atoms with E-state index in [0.29, 0.717) is 12.2 Å². The Hall–Kier alpha value is -1.42. The highest BCUT2D eigenvalue weighted by Gasteiger charge is 2.12. The zero-order valence-electron chi connectivity index (χ0n) is 7.32. The van der Waals surface area contributed by atoms with Crippen LogP contribution in [0.5, 0.6) is 17.2 Å². The number of phenolic OH excluding ortho intramolecular Hbond substituents is 1. The first-order valence-corrected chi connectivity index (χ1v) is 3.98. The maximum Gasteiger partial charge on any atom is 0.203 e. The van der Waals surface area contributed by atoms with Crippen LogP contribution in [-0.2, 0) is 6.61 Å². The monoisotopic (exact) mass is 184 g/mol. The third-order valence-electron chi connectivity index (χ3n) is 1.65. The number of rotatable bonds is 3. The van der Waals surface area contributed by atoms with Crippen LogP contribution in [0.4, 0.5) is 0 Å². The van der Waals surface area contributed by atoms with Crippen molar-refractivity contribution in [3.63, 3.8) is 0 Å². The molecule has 1 rings (SSSR count). The number of ether oxygens (including phenoxy) is 1. The molecule has 0 radical (unpaired) electrons. The Labute approximate surface area is 76.0 Å². The third kappa shape index (κ3) is 1.84.